The third-order valence-corrected chi connectivity index (χ3v) is 4.44. The van der Waals surface area contributed by atoms with E-state index in [2.05, 4.69) is 0 Å². The molecule has 0 fully saturated rings. The highest BCUT2D eigenvalue weighted by molar-refractivity contribution is 6.33. The van der Waals surface area contributed by atoms with Crippen LogP contribution in [0.5, 0.6) is 5.75 Å². The number of benzene rings is 3. The van der Waals surface area contributed by atoms with E-state index < -0.39 is 29.3 Å². The van der Waals surface area contributed by atoms with Crippen LogP contribution in [0.25, 0.3) is 0 Å². The number of ketones is 1. The number of nitro groups is 1. The second kappa shape index (κ2) is 9.64. The zero-order valence-electron chi connectivity index (χ0n) is 15.8. The van der Waals surface area contributed by atoms with E-state index in [1.165, 1.54) is 30.3 Å². The van der Waals surface area contributed by atoms with Crippen molar-refractivity contribution in [3.05, 3.63) is 105 Å². The van der Waals surface area contributed by atoms with Crippen molar-refractivity contribution in [1.82, 2.24) is 0 Å². The molecule has 0 N–H and O–H groups in total. The molecule has 0 aliphatic carbocycles. The Kier molecular flexibility index (Phi) is 6.74. The lowest BCUT2D eigenvalue weighted by Gasteiger charge is -2.07. The number of hydrogen-bond acceptors (Lipinski definition) is 7. The van der Waals surface area contributed by atoms with Gasteiger partial charge in [0.15, 0.2) is 12.4 Å². The fourth-order valence-electron chi connectivity index (χ4n) is 2.52. The van der Waals surface area contributed by atoms with Crippen LogP contribution >= 0.6 is 11.6 Å². The van der Waals surface area contributed by atoms with Gasteiger partial charge in [-0.15, -0.1) is 0 Å². The third-order valence-electron chi connectivity index (χ3n) is 4.11. The van der Waals surface area contributed by atoms with Gasteiger partial charge in [0.1, 0.15) is 5.75 Å². The smallest absolute Gasteiger partial charge is 0.343 e. The van der Waals surface area contributed by atoms with Crippen molar-refractivity contribution in [2.75, 3.05) is 6.61 Å². The average Bonchev–Trinajstić information content (AvgIpc) is 2.78. The summed E-state index contributed by atoms with van der Waals surface area (Å²) in [5.74, 6) is -1.78. The Morgan fingerprint density at radius 2 is 1.55 bits per heavy atom. The van der Waals surface area contributed by atoms with Crippen LogP contribution in [0.3, 0.4) is 0 Å². The van der Waals surface area contributed by atoms with Gasteiger partial charge in [-0.2, -0.15) is 0 Å². The molecule has 0 heterocycles. The largest absolute Gasteiger partial charge is 0.454 e. The van der Waals surface area contributed by atoms with Crippen molar-refractivity contribution in [3.63, 3.8) is 0 Å². The van der Waals surface area contributed by atoms with E-state index in [1.807, 2.05) is 0 Å². The highest BCUT2D eigenvalue weighted by Gasteiger charge is 2.19. The van der Waals surface area contributed by atoms with Crippen molar-refractivity contribution in [1.29, 1.82) is 0 Å². The summed E-state index contributed by atoms with van der Waals surface area (Å²) in [5, 5.41) is 10.8. The van der Waals surface area contributed by atoms with Crippen LogP contribution in [-0.4, -0.2) is 29.3 Å². The molecule has 3 aromatic rings. The van der Waals surface area contributed by atoms with Crippen LogP contribution in [0.15, 0.2) is 72.8 Å². The number of non-ortho nitro benzene ring substituents is 1. The lowest BCUT2D eigenvalue weighted by molar-refractivity contribution is -0.384. The average molecular weight is 440 g/mol. The molecule has 0 aliphatic rings. The van der Waals surface area contributed by atoms with Crippen molar-refractivity contribution >= 4 is 35.0 Å². The van der Waals surface area contributed by atoms with Gasteiger partial charge in [0, 0.05) is 17.7 Å². The predicted octanol–water partition coefficient (Wildman–Crippen LogP) is 4.51. The van der Waals surface area contributed by atoms with Gasteiger partial charge in [-0.05, 0) is 42.5 Å². The summed E-state index contributed by atoms with van der Waals surface area (Å²) in [4.78, 5) is 46.6. The SMILES string of the molecule is O=C(COC(=O)c1cc([N+](=O)[O-])ccc1Cl)c1ccc(OC(=O)c2ccccc2)cc1. The molecule has 31 heavy (non-hydrogen) atoms. The molecule has 0 atom stereocenters. The quantitative estimate of drug-likeness (QED) is 0.175. The lowest BCUT2D eigenvalue weighted by Crippen LogP contribution is -2.15. The Hall–Kier alpha value is -4.04. The molecule has 156 valence electrons. The number of nitro benzene ring substituents is 1. The number of halogens is 1. The minimum absolute atomic E-state index is 0.0346. The van der Waals surface area contributed by atoms with Gasteiger partial charge in [-0.1, -0.05) is 29.8 Å². The molecule has 0 aliphatic heterocycles. The maximum absolute atomic E-state index is 12.3. The summed E-state index contributed by atoms with van der Waals surface area (Å²) in [6.45, 7) is -0.596. The van der Waals surface area contributed by atoms with Gasteiger partial charge in [0.2, 0.25) is 0 Å². The fourth-order valence-corrected chi connectivity index (χ4v) is 2.72. The van der Waals surface area contributed by atoms with Crippen molar-refractivity contribution in [3.8, 4) is 5.75 Å². The van der Waals surface area contributed by atoms with Crippen LogP contribution in [-0.2, 0) is 4.74 Å². The van der Waals surface area contributed by atoms with Gasteiger partial charge >= 0.3 is 11.9 Å². The number of esters is 2. The highest BCUT2D eigenvalue weighted by Crippen LogP contribution is 2.23. The number of ether oxygens (including phenoxy) is 2. The molecule has 0 spiro atoms. The normalized spacial score (nSPS) is 10.2. The molecule has 0 saturated heterocycles. The second-order valence-corrected chi connectivity index (χ2v) is 6.61. The molecular formula is C22H14ClNO7. The zero-order chi connectivity index (χ0) is 22.4. The molecular weight excluding hydrogens is 426 g/mol. The van der Waals surface area contributed by atoms with Crippen molar-refractivity contribution in [2.24, 2.45) is 0 Å². The first-order chi connectivity index (χ1) is 14.8. The molecule has 9 heteroatoms. The first kappa shape index (κ1) is 21.7. The van der Waals surface area contributed by atoms with Crippen LogP contribution < -0.4 is 4.74 Å². The Labute approximate surface area is 181 Å². The van der Waals surface area contributed by atoms with Crippen LogP contribution in [0.4, 0.5) is 5.69 Å². The number of carbonyl (C=O) groups is 3. The molecule has 3 aromatic carbocycles. The minimum Gasteiger partial charge on any atom is -0.454 e. The summed E-state index contributed by atoms with van der Waals surface area (Å²) in [6, 6.07) is 17.5. The second-order valence-electron chi connectivity index (χ2n) is 6.20. The first-order valence-corrected chi connectivity index (χ1v) is 9.24. The van der Waals surface area contributed by atoms with Gasteiger partial charge in [-0.25, -0.2) is 9.59 Å². The van der Waals surface area contributed by atoms with Crippen LogP contribution in [0.2, 0.25) is 5.02 Å². The maximum atomic E-state index is 12.3. The Morgan fingerprint density at radius 1 is 0.871 bits per heavy atom. The summed E-state index contributed by atoms with van der Waals surface area (Å²) < 4.78 is 10.2. The highest BCUT2D eigenvalue weighted by atomic mass is 35.5. The van der Waals surface area contributed by atoms with Crippen molar-refractivity contribution in [2.45, 2.75) is 0 Å². The zero-order valence-corrected chi connectivity index (χ0v) is 16.6. The van der Waals surface area contributed by atoms with E-state index in [1.54, 1.807) is 30.3 Å². The molecule has 0 radical (unpaired) electrons. The third kappa shape index (κ3) is 5.52. The summed E-state index contributed by atoms with van der Waals surface area (Å²) in [7, 11) is 0. The number of hydrogen-bond donors (Lipinski definition) is 0. The topological polar surface area (TPSA) is 113 Å². The van der Waals surface area contributed by atoms with E-state index >= 15 is 0 Å². The lowest BCUT2D eigenvalue weighted by atomic mass is 10.1. The minimum atomic E-state index is -0.963. The molecule has 8 nitrogen and oxygen atoms in total. The number of carbonyl (C=O) groups excluding carboxylic acids is 3. The molecule has 0 unspecified atom stereocenters. The van der Waals surface area contributed by atoms with E-state index in [0.717, 1.165) is 12.1 Å². The van der Waals surface area contributed by atoms with Crippen molar-refractivity contribution < 1.29 is 28.8 Å². The molecule has 0 bridgehead atoms. The first-order valence-electron chi connectivity index (χ1n) is 8.86. The Balaban J connectivity index is 1.60. The Bertz CT molecular complexity index is 1140. The van der Waals surface area contributed by atoms with Gasteiger partial charge < -0.3 is 9.47 Å². The van der Waals surface area contributed by atoms with Crippen LogP contribution in [0.1, 0.15) is 31.1 Å². The van der Waals surface area contributed by atoms with Gasteiger partial charge in [-0.3, -0.25) is 14.9 Å². The molecule has 0 amide bonds. The van der Waals surface area contributed by atoms with Gasteiger partial charge in [0.25, 0.3) is 5.69 Å². The van der Waals surface area contributed by atoms with E-state index in [0.29, 0.717) is 5.56 Å². The van der Waals surface area contributed by atoms with E-state index in [9.17, 15) is 24.5 Å². The number of Topliss-reactive ketones (excluding diaryl/α,β-unsaturated/α-hetero) is 1. The fraction of sp³-hybridized carbons (Fsp3) is 0.0455. The number of nitrogens with zero attached hydrogens (tertiary/aromatic N) is 1. The number of rotatable bonds is 7. The predicted molar refractivity (Wildman–Crippen MR) is 111 cm³/mol. The molecule has 0 aromatic heterocycles. The van der Waals surface area contributed by atoms with E-state index in [4.69, 9.17) is 21.1 Å². The summed E-state index contributed by atoms with van der Waals surface area (Å²) >= 11 is 5.88. The summed E-state index contributed by atoms with van der Waals surface area (Å²) in [6.07, 6.45) is 0. The maximum Gasteiger partial charge on any atom is 0.343 e. The van der Waals surface area contributed by atoms with E-state index in [-0.39, 0.29) is 27.6 Å². The molecule has 0 saturated carbocycles. The summed E-state index contributed by atoms with van der Waals surface area (Å²) in [5.41, 5.74) is 0.0574. The Morgan fingerprint density at radius 3 is 2.19 bits per heavy atom. The van der Waals surface area contributed by atoms with Crippen LogP contribution in [0, 0.1) is 10.1 Å². The van der Waals surface area contributed by atoms with Gasteiger partial charge in [0.05, 0.1) is 21.1 Å². The standard InChI is InChI=1S/C22H14ClNO7/c23-19-11-8-16(24(28)29)12-18(19)22(27)30-13-20(25)14-6-9-17(10-7-14)31-21(26)15-4-2-1-3-5-15/h1-12H,13H2. The molecule has 3 rings (SSSR count). The monoisotopic (exact) mass is 439 g/mol.